The summed E-state index contributed by atoms with van der Waals surface area (Å²) in [6.45, 7) is 0.609. The summed E-state index contributed by atoms with van der Waals surface area (Å²) in [6, 6.07) is 2.86. The van der Waals surface area contributed by atoms with E-state index >= 15 is 0 Å². The van der Waals surface area contributed by atoms with Crippen molar-refractivity contribution in [3.8, 4) is 0 Å². The molecule has 0 saturated carbocycles. The van der Waals surface area contributed by atoms with E-state index in [9.17, 15) is 8.78 Å². The van der Waals surface area contributed by atoms with Crippen LogP contribution in [-0.4, -0.2) is 24.6 Å². The Morgan fingerprint density at radius 1 is 1.39 bits per heavy atom. The molecule has 1 atom stereocenters. The van der Waals surface area contributed by atoms with Crippen molar-refractivity contribution in [1.82, 2.24) is 0 Å². The van der Waals surface area contributed by atoms with Gasteiger partial charge in [-0.3, -0.25) is 0 Å². The third-order valence-electron chi connectivity index (χ3n) is 3.13. The Bertz CT molecular complexity index is 533. The molecular formula is C12H12F2N2S2. The van der Waals surface area contributed by atoms with Gasteiger partial charge in [0, 0.05) is 12.7 Å². The predicted molar refractivity (Wildman–Crippen MR) is 75.1 cm³/mol. The lowest BCUT2D eigenvalue weighted by Gasteiger charge is -2.38. The zero-order valence-corrected chi connectivity index (χ0v) is 11.6. The van der Waals surface area contributed by atoms with Crippen LogP contribution in [0.5, 0.6) is 0 Å². The molecule has 0 aromatic heterocycles. The van der Waals surface area contributed by atoms with E-state index in [-0.39, 0.29) is 4.71 Å². The number of hydrogen-bond donors (Lipinski definition) is 0. The van der Waals surface area contributed by atoms with E-state index in [1.165, 1.54) is 6.07 Å². The second-order valence-electron chi connectivity index (χ2n) is 4.24. The van der Waals surface area contributed by atoms with Gasteiger partial charge in [-0.2, -0.15) is 0 Å². The lowest BCUT2D eigenvalue weighted by Crippen LogP contribution is -2.38. The van der Waals surface area contributed by atoms with Crippen molar-refractivity contribution in [3.05, 3.63) is 34.9 Å². The average Bonchev–Trinajstić information content (AvgIpc) is 2.76. The molecule has 2 heterocycles. The van der Waals surface area contributed by atoms with E-state index in [4.69, 9.17) is 0 Å². The van der Waals surface area contributed by atoms with Gasteiger partial charge in [0.05, 0.1) is 12.2 Å². The highest BCUT2D eigenvalue weighted by Crippen LogP contribution is 2.48. The van der Waals surface area contributed by atoms with E-state index in [2.05, 4.69) is 10.3 Å². The van der Waals surface area contributed by atoms with Crippen molar-refractivity contribution in [2.24, 2.45) is 0 Å². The molecule has 2 aliphatic rings. The first-order chi connectivity index (χ1) is 8.63. The van der Waals surface area contributed by atoms with E-state index in [0.717, 1.165) is 11.4 Å². The standard InChI is InChI=1S/C12H12F2N2S2/c1-15-5-7-6-18-12(17-2)16(7)9-4-3-8(13)10(14)11(9)15/h3-4,6,12H,5H2,1-2H3. The van der Waals surface area contributed by atoms with Gasteiger partial charge < -0.3 is 9.80 Å². The van der Waals surface area contributed by atoms with E-state index < -0.39 is 11.6 Å². The van der Waals surface area contributed by atoms with Crippen molar-refractivity contribution in [2.75, 3.05) is 29.6 Å². The van der Waals surface area contributed by atoms with Crippen LogP contribution in [0, 0.1) is 11.6 Å². The highest BCUT2D eigenvalue weighted by molar-refractivity contribution is 8.18. The van der Waals surface area contributed by atoms with E-state index in [1.807, 2.05) is 6.26 Å². The fourth-order valence-electron chi connectivity index (χ4n) is 2.34. The maximum Gasteiger partial charge on any atom is 0.184 e. The summed E-state index contributed by atoms with van der Waals surface area (Å²) in [5.41, 5.74) is 2.24. The van der Waals surface area contributed by atoms with Gasteiger partial charge in [0.25, 0.3) is 0 Å². The van der Waals surface area contributed by atoms with Crippen molar-refractivity contribution in [3.63, 3.8) is 0 Å². The molecule has 1 unspecified atom stereocenters. The second kappa shape index (κ2) is 4.35. The van der Waals surface area contributed by atoms with E-state index in [1.54, 1.807) is 41.5 Å². The molecule has 3 rings (SSSR count). The topological polar surface area (TPSA) is 6.48 Å². The molecule has 18 heavy (non-hydrogen) atoms. The summed E-state index contributed by atoms with van der Waals surface area (Å²) in [7, 11) is 1.79. The first-order valence-electron chi connectivity index (χ1n) is 5.49. The molecule has 1 aromatic rings. The summed E-state index contributed by atoms with van der Waals surface area (Å²) in [6.07, 6.45) is 2.02. The summed E-state index contributed by atoms with van der Waals surface area (Å²) >= 11 is 3.40. The van der Waals surface area contributed by atoms with Crippen LogP contribution in [0.4, 0.5) is 20.2 Å². The zero-order chi connectivity index (χ0) is 12.9. The largest absolute Gasteiger partial charge is 0.365 e. The van der Waals surface area contributed by atoms with E-state index in [0.29, 0.717) is 12.2 Å². The van der Waals surface area contributed by atoms with Crippen LogP contribution in [-0.2, 0) is 0 Å². The Labute approximate surface area is 113 Å². The summed E-state index contributed by atoms with van der Waals surface area (Å²) < 4.78 is 27.5. The highest BCUT2D eigenvalue weighted by atomic mass is 32.2. The van der Waals surface area contributed by atoms with Crippen LogP contribution in [0.1, 0.15) is 0 Å². The van der Waals surface area contributed by atoms with Gasteiger partial charge in [-0.25, -0.2) is 8.78 Å². The first-order valence-corrected chi connectivity index (χ1v) is 7.72. The minimum absolute atomic E-state index is 0.206. The summed E-state index contributed by atoms with van der Waals surface area (Å²) in [4.78, 5) is 3.85. The monoisotopic (exact) mass is 286 g/mol. The van der Waals surface area contributed by atoms with Crippen LogP contribution in [0.25, 0.3) is 0 Å². The SMILES string of the molecule is CSC1SC=C2CN(C)c3c(ccc(F)c3F)N21. The molecule has 0 fully saturated rings. The number of anilines is 2. The second-order valence-corrected chi connectivity index (χ2v) is 6.41. The number of benzene rings is 1. The molecule has 0 radical (unpaired) electrons. The van der Waals surface area contributed by atoms with Crippen molar-refractivity contribution >= 4 is 34.9 Å². The third-order valence-corrected chi connectivity index (χ3v) is 5.51. The molecule has 0 amide bonds. The molecule has 2 aliphatic heterocycles. The molecule has 1 aromatic carbocycles. The molecule has 0 N–H and O–H groups in total. The Morgan fingerprint density at radius 3 is 2.89 bits per heavy atom. The molecular weight excluding hydrogens is 274 g/mol. The lowest BCUT2D eigenvalue weighted by atomic mass is 10.1. The molecule has 96 valence electrons. The Morgan fingerprint density at radius 2 is 2.17 bits per heavy atom. The fraction of sp³-hybridized carbons (Fsp3) is 0.333. The number of nitrogens with zero attached hydrogens (tertiary/aromatic N) is 2. The molecule has 2 nitrogen and oxygen atoms in total. The minimum Gasteiger partial charge on any atom is -0.365 e. The summed E-state index contributed by atoms with van der Waals surface area (Å²) in [5.74, 6) is -1.55. The Hall–Kier alpha value is -0.880. The normalized spacial score (nSPS) is 21.8. The maximum absolute atomic E-state index is 13.9. The molecule has 6 heteroatoms. The van der Waals surface area contributed by atoms with Crippen LogP contribution >= 0.6 is 23.5 Å². The Balaban J connectivity index is 2.17. The number of thioether (sulfide) groups is 2. The van der Waals surface area contributed by atoms with Gasteiger partial charge in [-0.05, 0) is 23.8 Å². The third kappa shape index (κ3) is 1.62. The minimum atomic E-state index is -0.791. The lowest BCUT2D eigenvalue weighted by molar-refractivity contribution is 0.507. The number of halogens is 2. The molecule has 0 saturated heterocycles. The molecule has 0 bridgehead atoms. The average molecular weight is 286 g/mol. The van der Waals surface area contributed by atoms with Crippen LogP contribution in [0.3, 0.4) is 0 Å². The number of likely N-dealkylation sites (N-methyl/N-ethyl adjacent to an activating group) is 1. The quantitative estimate of drug-likeness (QED) is 0.779. The smallest absolute Gasteiger partial charge is 0.184 e. The van der Waals surface area contributed by atoms with Gasteiger partial charge in [0.1, 0.15) is 10.4 Å². The zero-order valence-electron chi connectivity index (χ0n) is 9.98. The first kappa shape index (κ1) is 12.2. The van der Waals surface area contributed by atoms with Crippen LogP contribution in [0.2, 0.25) is 0 Å². The van der Waals surface area contributed by atoms with Gasteiger partial charge in [-0.15, -0.1) is 11.8 Å². The van der Waals surface area contributed by atoms with Crippen LogP contribution < -0.4 is 9.80 Å². The molecule has 0 aliphatic carbocycles. The number of hydrogen-bond acceptors (Lipinski definition) is 4. The fourth-order valence-corrected chi connectivity index (χ4v) is 4.24. The van der Waals surface area contributed by atoms with Gasteiger partial charge >= 0.3 is 0 Å². The number of rotatable bonds is 1. The molecule has 0 spiro atoms. The van der Waals surface area contributed by atoms with Crippen molar-refractivity contribution in [1.29, 1.82) is 0 Å². The summed E-state index contributed by atoms with van der Waals surface area (Å²) in [5, 5.41) is 2.10. The maximum atomic E-state index is 13.9. The number of fused-ring (bicyclic) bond motifs is 3. The van der Waals surface area contributed by atoms with Crippen molar-refractivity contribution < 1.29 is 8.78 Å². The van der Waals surface area contributed by atoms with Crippen LogP contribution in [0.15, 0.2) is 23.2 Å². The highest BCUT2D eigenvalue weighted by Gasteiger charge is 2.36. The van der Waals surface area contributed by atoms with Crippen molar-refractivity contribution in [2.45, 2.75) is 4.71 Å². The van der Waals surface area contributed by atoms with Gasteiger partial charge in [0.2, 0.25) is 0 Å². The van der Waals surface area contributed by atoms with Gasteiger partial charge in [0.15, 0.2) is 11.6 Å². The predicted octanol–water partition coefficient (Wildman–Crippen LogP) is 3.46. The van der Waals surface area contributed by atoms with Gasteiger partial charge in [-0.1, -0.05) is 11.8 Å². The Kier molecular flexibility index (Phi) is 2.94.